The van der Waals surface area contributed by atoms with Crippen LogP contribution in [-0.2, 0) is 6.54 Å². The second-order valence-electron chi connectivity index (χ2n) is 2.96. The van der Waals surface area contributed by atoms with E-state index in [0.29, 0.717) is 6.54 Å². The molecule has 0 fully saturated rings. The first kappa shape index (κ1) is 8.84. The van der Waals surface area contributed by atoms with Crippen molar-refractivity contribution in [3.63, 3.8) is 0 Å². The van der Waals surface area contributed by atoms with Gasteiger partial charge in [0.2, 0.25) is 0 Å². The molecule has 0 aliphatic carbocycles. The molecular formula is C11H11N3. The number of rotatable bonds is 2. The van der Waals surface area contributed by atoms with Crippen LogP contribution in [0.4, 0.5) is 0 Å². The Morgan fingerprint density at radius 2 is 2.00 bits per heavy atom. The fraction of sp³-hybridized carbons (Fsp3) is 0.0909. The Kier molecular flexibility index (Phi) is 2.51. The molecule has 0 bridgehead atoms. The molecule has 2 aromatic rings. The fourth-order valence-corrected chi connectivity index (χ4v) is 1.23. The van der Waals surface area contributed by atoms with E-state index in [0.717, 1.165) is 17.0 Å². The first-order valence-electron chi connectivity index (χ1n) is 4.46. The minimum Gasteiger partial charge on any atom is -0.325 e. The van der Waals surface area contributed by atoms with Gasteiger partial charge in [0.25, 0.3) is 0 Å². The Hall–Kier alpha value is -1.74. The van der Waals surface area contributed by atoms with Crippen LogP contribution >= 0.6 is 0 Å². The van der Waals surface area contributed by atoms with Gasteiger partial charge in [-0.2, -0.15) is 0 Å². The number of aromatic nitrogens is 2. The van der Waals surface area contributed by atoms with E-state index in [4.69, 9.17) is 5.73 Å². The highest BCUT2D eigenvalue weighted by Crippen LogP contribution is 2.14. The summed E-state index contributed by atoms with van der Waals surface area (Å²) in [6, 6.07) is 9.71. The highest BCUT2D eigenvalue weighted by molar-refractivity contribution is 5.57. The summed E-state index contributed by atoms with van der Waals surface area (Å²) in [5, 5.41) is 0. The summed E-state index contributed by atoms with van der Waals surface area (Å²) in [6.45, 7) is 0.475. The van der Waals surface area contributed by atoms with Gasteiger partial charge in [-0.05, 0) is 24.3 Å². The van der Waals surface area contributed by atoms with Crippen LogP contribution in [0.5, 0.6) is 0 Å². The molecular weight excluding hydrogens is 174 g/mol. The molecule has 2 aromatic heterocycles. The molecule has 0 atom stereocenters. The zero-order chi connectivity index (χ0) is 9.80. The van der Waals surface area contributed by atoms with Crippen molar-refractivity contribution in [3.8, 4) is 11.3 Å². The Balaban J connectivity index is 2.34. The maximum atomic E-state index is 5.46. The summed E-state index contributed by atoms with van der Waals surface area (Å²) < 4.78 is 0. The summed E-state index contributed by atoms with van der Waals surface area (Å²) in [5.41, 5.74) is 8.30. The third kappa shape index (κ3) is 1.78. The molecule has 2 N–H and O–H groups in total. The van der Waals surface area contributed by atoms with Crippen LogP contribution in [-0.4, -0.2) is 9.97 Å². The summed E-state index contributed by atoms with van der Waals surface area (Å²) in [5.74, 6) is 0. The van der Waals surface area contributed by atoms with Gasteiger partial charge in [-0.1, -0.05) is 6.07 Å². The lowest BCUT2D eigenvalue weighted by Crippen LogP contribution is -1.98. The third-order valence-electron chi connectivity index (χ3n) is 1.99. The molecule has 0 saturated heterocycles. The average molecular weight is 185 g/mol. The molecule has 0 spiro atoms. The van der Waals surface area contributed by atoms with Gasteiger partial charge in [0.1, 0.15) is 0 Å². The highest BCUT2D eigenvalue weighted by atomic mass is 14.7. The second kappa shape index (κ2) is 3.98. The van der Waals surface area contributed by atoms with Crippen LogP contribution in [0.1, 0.15) is 5.69 Å². The minimum atomic E-state index is 0.475. The predicted octanol–water partition coefficient (Wildman–Crippen LogP) is 1.60. The molecule has 0 aromatic carbocycles. The van der Waals surface area contributed by atoms with Crippen LogP contribution in [0.2, 0.25) is 0 Å². The molecule has 0 unspecified atom stereocenters. The van der Waals surface area contributed by atoms with Gasteiger partial charge in [-0.25, -0.2) is 0 Å². The monoisotopic (exact) mass is 185 g/mol. The topological polar surface area (TPSA) is 51.8 Å². The molecule has 0 radical (unpaired) electrons. The SMILES string of the molecule is NCc1ccc(-c2ccccn2)cn1. The summed E-state index contributed by atoms with van der Waals surface area (Å²) in [4.78, 5) is 8.44. The second-order valence-corrected chi connectivity index (χ2v) is 2.96. The van der Waals surface area contributed by atoms with E-state index in [-0.39, 0.29) is 0 Å². The Bertz CT molecular complexity index is 395. The van der Waals surface area contributed by atoms with Gasteiger partial charge in [0, 0.05) is 24.5 Å². The first-order valence-corrected chi connectivity index (χ1v) is 4.46. The van der Waals surface area contributed by atoms with E-state index < -0.39 is 0 Å². The van der Waals surface area contributed by atoms with Crippen molar-refractivity contribution in [2.24, 2.45) is 5.73 Å². The Labute approximate surface area is 82.6 Å². The number of hydrogen-bond acceptors (Lipinski definition) is 3. The Morgan fingerprint density at radius 3 is 2.57 bits per heavy atom. The van der Waals surface area contributed by atoms with Crippen molar-refractivity contribution < 1.29 is 0 Å². The van der Waals surface area contributed by atoms with E-state index in [1.54, 1.807) is 12.4 Å². The third-order valence-corrected chi connectivity index (χ3v) is 1.99. The molecule has 3 nitrogen and oxygen atoms in total. The lowest BCUT2D eigenvalue weighted by molar-refractivity contribution is 0.991. The van der Waals surface area contributed by atoms with Gasteiger partial charge < -0.3 is 5.73 Å². The smallest absolute Gasteiger partial charge is 0.0717 e. The lowest BCUT2D eigenvalue weighted by Gasteiger charge is -2.00. The maximum Gasteiger partial charge on any atom is 0.0717 e. The highest BCUT2D eigenvalue weighted by Gasteiger charge is 1.97. The van der Waals surface area contributed by atoms with Crippen molar-refractivity contribution in [1.82, 2.24) is 9.97 Å². The molecule has 14 heavy (non-hydrogen) atoms. The van der Waals surface area contributed by atoms with Crippen molar-refractivity contribution >= 4 is 0 Å². The van der Waals surface area contributed by atoms with Crippen LogP contribution < -0.4 is 5.73 Å². The van der Waals surface area contributed by atoms with Crippen LogP contribution in [0.3, 0.4) is 0 Å². The summed E-state index contributed by atoms with van der Waals surface area (Å²) in [6.07, 6.45) is 3.57. The zero-order valence-corrected chi connectivity index (χ0v) is 7.72. The zero-order valence-electron chi connectivity index (χ0n) is 7.72. The van der Waals surface area contributed by atoms with E-state index in [2.05, 4.69) is 9.97 Å². The average Bonchev–Trinajstić information content (AvgIpc) is 2.30. The van der Waals surface area contributed by atoms with Crippen LogP contribution in [0.25, 0.3) is 11.3 Å². The van der Waals surface area contributed by atoms with Crippen LogP contribution in [0.15, 0.2) is 42.7 Å². The quantitative estimate of drug-likeness (QED) is 0.773. The predicted molar refractivity (Wildman–Crippen MR) is 55.4 cm³/mol. The molecule has 0 amide bonds. The molecule has 70 valence electrons. The first-order chi connectivity index (χ1) is 6.90. The molecule has 0 aliphatic rings. The van der Waals surface area contributed by atoms with Gasteiger partial charge in [0.15, 0.2) is 0 Å². The minimum absolute atomic E-state index is 0.475. The number of nitrogens with two attached hydrogens (primary N) is 1. The van der Waals surface area contributed by atoms with Crippen molar-refractivity contribution in [3.05, 3.63) is 48.4 Å². The van der Waals surface area contributed by atoms with Crippen molar-refractivity contribution in [2.45, 2.75) is 6.54 Å². The van der Waals surface area contributed by atoms with E-state index in [1.807, 2.05) is 30.3 Å². The van der Waals surface area contributed by atoms with Crippen molar-refractivity contribution in [2.75, 3.05) is 0 Å². The van der Waals surface area contributed by atoms with E-state index in [9.17, 15) is 0 Å². The van der Waals surface area contributed by atoms with Gasteiger partial charge in [-0.15, -0.1) is 0 Å². The standard InChI is InChI=1S/C11H11N3/c12-7-10-5-4-9(8-14-10)11-3-1-2-6-13-11/h1-6,8H,7,12H2. The van der Waals surface area contributed by atoms with Crippen LogP contribution in [0, 0.1) is 0 Å². The number of nitrogens with zero attached hydrogens (tertiary/aromatic N) is 2. The molecule has 0 aliphatic heterocycles. The molecule has 2 rings (SSSR count). The van der Waals surface area contributed by atoms with Gasteiger partial charge >= 0.3 is 0 Å². The summed E-state index contributed by atoms with van der Waals surface area (Å²) in [7, 11) is 0. The molecule has 0 saturated carbocycles. The number of pyridine rings is 2. The van der Waals surface area contributed by atoms with Crippen molar-refractivity contribution in [1.29, 1.82) is 0 Å². The molecule has 2 heterocycles. The van der Waals surface area contributed by atoms with Gasteiger partial charge in [0.05, 0.1) is 11.4 Å². The fourth-order valence-electron chi connectivity index (χ4n) is 1.23. The molecule has 3 heteroatoms. The Morgan fingerprint density at radius 1 is 1.07 bits per heavy atom. The van der Waals surface area contributed by atoms with Gasteiger partial charge in [-0.3, -0.25) is 9.97 Å². The largest absolute Gasteiger partial charge is 0.325 e. The normalized spacial score (nSPS) is 10.1. The summed E-state index contributed by atoms with van der Waals surface area (Å²) >= 11 is 0. The van der Waals surface area contributed by atoms with E-state index in [1.165, 1.54) is 0 Å². The van der Waals surface area contributed by atoms with E-state index >= 15 is 0 Å². The number of hydrogen-bond donors (Lipinski definition) is 1. The lowest BCUT2D eigenvalue weighted by atomic mass is 10.2. The maximum absolute atomic E-state index is 5.46.